The van der Waals surface area contributed by atoms with Crippen LogP contribution in [0.5, 0.6) is 5.75 Å². The molecule has 0 saturated carbocycles. The second-order valence-corrected chi connectivity index (χ2v) is 6.14. The second kappa shape index (κ2) is 6.05. The van der Waals surface area contributed by atoms with Gasteiger partial charge in [-0.05, 0) is 13.1 Å². The van der Waals surface area contributed by atoms with Crippen LogP contribution < -0.4 is 5.32 Å². The summed E-state index contributed by atoms with van der Waals surface area (Å²) >= 11 is 0. The van der Waals surface area contributed by atoms with E-state index in [-0.39, 0.29) is 5.75 Å². The Morgan fingerprint density at radius 1 is 1.21 bits per heavy atom. The number of rotatable bonds is 3. The van der Waals surface area contributed by atoms with Crippen molar-refractivity contribution in [2.75, 3.05) is 18.9 Å². The van der Waals surface area contributed by atoms with Gasteiger partial charge in [0.25, 0.3) is 0 Å². The van der Waals surface area contributed by atoms with Gasteiger partial charge in [-0.15, -0.1) is 0 Å². The van der Waals surface area contributed by atoms with Crippen molar-refractivity contribution >= 4 is 16.7 Å². The van der Waals surface area contributed by atoms with Crippen molar-refractivity contribution < 1.29 is 5.11 Å². The lowest BCUT2D eigenvalue weighted by atomic mass is 10.1. The molecule has 0 spiro atoms. The molecule has 3 heterocycles. The molecule has 0 saturated heterocycles. The van der Waals surface area contributed by atoms with Crippen LogP contribution in [0, 0.1) is 0 Å². The lowest BCUT2D eigenvalue weighted by molar-refractivity contribution is 0.310. The summed E-state index contributed by atoms with van der Waals surface area (Å²) in [5.74, 6) is 1.06. The average Bonchev–Trinajstić information content (AvgIpc) is 2.61. The number of pyridine rings is 1. The van der Waals surface area contributed by atoms with E-state index in [1.807, 2.05) is 24.3 Å². The number of nitrogens with one attached hydrogen (secondary N) is 1. The normalized spacial score (nSPS) is 14.5. The van der Waals surface area contributed by atoms with Gasteiger partial charge in [0.05, 0.1) is 5.69 Å². The van der Waals surface area contributed by atoms with Crippen LogP contribution in [0.25, 0.3) is 10.9 Å². The summed E-state index contributed by atoms with van der Waals surface area (Å²) in [7, 11) is 2.10. The van der Waals surface area contributed by atoms with Crippen LogP contribution >= 0.6 is 0 Å². The second-order valence-electron chi connectivity index (χ2n) is 6.14. The lowest BCUT2D eigenvalue weighted by Crippen LogP contribution is -2.28. The lowest BCUT2D eigenvalue weighted by Gasteiger charge is -2.25. The van der Waals surface area contributed by atoms with Crippen LogP contribution in [0.4, 0.5) is 5.82 Å². The summed E-state index contributed by atoms with van der Waals surface area (Å²) in [6.07, 6.45) is 4.23. The van der Waals surface area contributed by atoms with Crippen LogP contribution in [-0.4, -0.2) is 38.6 Å². The Labute approximate surface area is 140 Å². The molecule has 6 nitrogen and oxygen atoms in total. The van der Waals surface area contributed by atoms with Crippen LogP contribution in [-0.2, 0) is 19.5 Å². The Morgan fingerprint density at radius 2 is 2.12 bits per heavy atom. The molecular weight excluding hydrogens is 302 g/mol. The highest BCUT2D eigenvalue weighted by Gasteiger charge is 2.18. The van der Waals surface area contributed by atoms with Crippen LogP contribution in [0.3, 0.4) is 0 Å². The molecule has 1 aliphatic heterocycles. The van der Waals surface area contributed by atoms with E-state index in [1.165, 1.54) is 0 Å². The zero-order valence-corrected chi connectivity index (χ0v) is 13.5. The largest absolute Gasteiger partial charge is 0.505 e. The van der Waals surface area contributed by atoms with Crippen molar-refractivity contribution in [1.29, 1.82) is 0 Å². The van der Waals surface area contributed by atoms with Crippen molar-refractivity contribution in [2.24, 2.45) is 0 Å². The Balaban J connectivity index is 1.61. The van der Waals surface area contributed by atoms with E-state index >= 15 is 0 Å². The average molecular weight is 321 g/mol. The summed E-state index contributed by atoms with van der Waals surface area (Å²) in [6, 6.07) is 7.70. The highest BCUT2D eigenvalue weighted by molar-refractivity contribution is 5.85. The molecule has 2 aromatic heterocycles. The third-order valence-corrected chi connectivity index (χ3v) is 4.47. The minimum absolute atomic E-state index is 0.223. The van der Waals surface area contributed by atoms with Crippen molar-refractivity contribution in [3.05, 3.63) is 53.6 Å². The van der Waals surface area contributed by atoms with Gasteiger partial charge >= 0.3 is 0 Å². The summed E-state index contributed by atoms with van der Waals surface area (Å²) < 4.78 is 0. The maximum absolute atomic E-state index is 10.5. The molecule has 6 heteroatoms. The van der Waals surface area contributed by atoms with Gasteiger partial charge in [-0.2, -0.15) is 0 Å². The maximum Gasteiger partial charge on any atom is 0.146 e. The molecule has 24 heavy (non-hydrogen) atoms. The predicted molar refractivity (Wildman–Crippen MR) is 92.8 cm³/mol. The van der Waals surface area contributed by atoms with Crippen molar-refractivity contribution in [3.63, 3.8) is 0 Å². The van der Waals surface area contributed by atoms with Gasteiger partial charge in [0.1, 0.15) is 23.4 Å². The zero-order chi connectivity index (χ0) is 16.5. The van der Waals surface area contributed by atoms with E-state index in [2.05, 4.69) is 32.2 Å². The summed E-state index contributed by atoms with van der Waals surface area (Å²) in [6.45, 7) is 2.34. The molecule has 2 N–H and O–H groups in total. The highest BCUT2D eigenvalue weighted by atomic mass is 16.3. The first-order valence-corrected chi connectivity index (χ1v) is 8.03. The first-order chi connectivity index (χ1) is 11.7. The molecule has 0 atom stereocenters. The molecule has 122 valence electrons. The van der Waals surface area contributed by atoms with Gasteiger partial charge in [-0.3, -0.25) is 4.98 Å². The van der Waals surface area contributed by atoms with E-state index in [0.717, 1.165) is 47.5 Å². The number of phenolic OH excluding ortho intramolecular Hbond substituents is 1. The molecule has 0 bridgehead atoms. The molecule has 1 aromatic carbocycles. The van der Waals surface area contributed by atoms with Gasteiger partial charge in [-0.25, -0.2) is 9.97 Å². The summed E-state index contributed by atoms with van der Waals surface area (Å²) in [4.78, 5) is 15.3. The summed E-state index contributed by atoms with van der Waals surface area (Å²) in [5, 5.41) is 14.7. The number of phenols is 1. The van der Waals surface area contributed by atoms with Crippen LogP contribution in [0.15, 0.2) is 36.8 Å². The minimum Gasteiger partial charge on any atom is -0.505 e. The molecule has 3 aromatic rings. The van der Waals surface area contributed by atoms with Crippen LogP contribution in [0.2, 0.25) is 0 Å². The molecule has 0 radical (unpaired) electrons. The number of likely N-dealkylation sites (N-methyl/N-ethyl adjacent to an activating group) is 1. The fraction of sp³-hybridized carbons (Fsp3) is 0.278. The van der Waals surface area contributed by atoms with Gasteiger partial charge in [0, 0.05) is 48.8 Å². The quantitative estimate of drug-likeness (QED) is 0.771. The number of anilines is 1. The Hall–Kier alpha value is -2.73. The van der Waals surface area contributed by atoms with E-state index < -0.39 is 0 Å². The topological polar surface area (TPSA) is 74.2 Å². The molecule has 0 amide bonds. The van der Waals surface area contributed by atoms with Crippen LogP contribution in [0.1, 0.15) is 16.8 Å². The van der Waals surface area contributed by atoms with E-state index in [4.69, 9.17) is 0 Å². The number of nitrogens with zero attached hydrogens (tertiary/aromatic N) is 4. The number of hydrogen-bond donors (Lipinski definition) is 2. The van der Waals surface area contributed by atoms with E-state index in [0.29, 0.717) is 12.1 Å². The highest BCUT2D eigenvalue weighted by Crippen LogP contribution is 2.28. The molecular formula is C18H19N5O. The number of fused-ring (bicyclic) bond motifs is 2. The molecule has 4 rings (SSSR count). The number of hydrogen-bond acceptors (Lipinski definition) is 6. The number of aromatic hydroxyl groups is 1. The Kier molecular flexibility index (Phi) is 3.74. The first kappa shape index (κ1) is 14.8. The minimum atomic E-state index is 0.223. The van der Waals surface area contributed by atoms with E-state index in [9.17, 15) is 5.11 Å². The molecule has 0 unspecified atom stereocenters. The smallest absolute Gasteiger partial charge is 0.146 e. The van der Waals surface area contributed by atoms with Crippen molar-refractivity contribution in [1.82, 2.24) is 19.9 Å². The Bertz CT molecular complexity index is 896. The molecule has 0 aliphatic carbocycles. The first-order valence-electron chi connectivity index (χ1n) is 8.03. The maximum atomic E-state index is 10.5. The van der Waals surface area contributed by atoms with Gasteiger partial charge < -0.3 is 15.3 Å². The summed E-state index contributed by atoms with van der Waals surface area (Å²) in [5.41, 5.74) is 3.68. The standard InChI is InChI=1S/C18H19N5O/c1-23-8-6-15-14(10-23)18(22-11-21-15)20-9-13-5-4-12-3-2-7-19-16(12)17(13)24/h2-5,7,11,24H,6,8-10H2,1H3,(H,20,21,22). The Morgan fingerprint density at radius 3 is 3.04 bits per heavy atom. The predicted octanol–water partition coefficient (Wildman–Crippen LogP) is 2.33. The number of aromatic nitrogens is 3. The van der Waals surface area contributed by atoms with Gasteiger partial charge in [0.15, 0.2) is 0 Å². The molecule has 1 aliphatic rings. The third-order valence-electron chi connectivity index (χ3n) is 4.47. The van der Waals surface area contributed by atoms with Gasteiger partial charge in [0.2, 0.25) is 0 Å². The van der Waals surface area contributed by atoms with Crippen molar-refractivity contribution in [2.45, 2.75) is 19.5 Å². The van der Waals surface area contributed by atoms with E-state index in [1.54, 1.807) is 12.5 Å². The van der Waals surface area contributed by atoms with Gasteiger partial charge in [-0.1, -0.05) is 18.2 Å². The fourth-order valence-electron chi connectivity index (χ4n) is 3.12. The third kappa shape index (κ3) is 2.65. The fourth-order valence-corrected chi connectivity index (χ4v) is 3.12. The monoisotopic (exact) mass is 321 g/mol. The number of benzene rings is 1. The zero-order valence-electron chi connectivity index (χ0n) is 13.5. The molecule has 0 fully saturated rings. The van der Waals surface area contributed by atoms with Crippen molar-refractivity contribution in [3.8, 4) is 5.75 Å². The SMILES string of the molecule is CN1CCc2ncnc(NCc3ccc4cccnc4c3O)c2C1.